The molecule has 0 aliphatic heterocycles. The van der Waals surface area contributed by atoms with Gasteiger partial charge in [-0.3, -0.25) is 0 Å². The number of rotatable bonds is 1. The highest BCUT2D eigenvalue weighted by Crippen LogP contribution is 2.28. The van der Waals surface area contributed by atoms with E-state index in [0.29, 0.717) is 5.41 Å². The molecule has 0 unspecified atom stereocenters. The smallest absolute Gasteiger partial charge is 0.00836 e. The van der Waals surface area contributed by atoms with E-state index < -0.39 is 0 Å². The summed E-state index contributed by atoms with van der Waals surface area (Å²) >= 11 is 0. The largest absolute Gasteiger partial charge is 0.402 e. The first kappa shape index (κ1) is 9.37. The fourth-order valence-electron chi connectivity index (χ4n) is 1.52. The van der Waals surface area contributed by atoms with Gasteiger partial charge in [-0.1, -0.05) is 32.4 Å². The molecule has 2 N–H and O–H groups in total. The van der Waals surface area contributed by atoms with Crippen LogP contribution >= 0.6 is 0 Å². The molecule has 12 heavy (non-hydrogen) atoms. The van der Waals surface area contributed by atoms with Gasteiger partial charge in [0.15, 0.2) is 0 Å². The number of allylic oxidation sites excluding steroid dienone is 4. The van der Waals surface area contributed by atoms with Crippen molar-refractivity contribution < 1.29 is 0 Å². The summed E-state index contributed by atoms with van der Waals surface area (Å²) in [6.07, 6.45) is 7.62. The summed E-state index contributed by atoms with van der Waals surface area (Å²) in [4.78, 5) is 0. The SMILES string of the molecule is CC(C)(C)CC1=CC=C(N)CC1. The monoisotopic (exact) mass is 165 g/mol. The maximum Gasteiger partial charge on any atom is 0.00836 e. The van der Waals surface area contributed by atoms with Crippen molar-refractivity contribution in [3.63, 3.8) is 0 Å². The fraction of sp³-hybridized carbons (Fsp3) is 0.636. The summed E-state index contributed by atoms with van der Waals surface area (Å²) in [6.45, 7) is 6.82. The minimum atomic E-state index is 0.409. The van der Waals surface area contributed by atoms with E-state index in [0.717, 1.165) is 18.5 Å². The Bertz CT molecular complexity index is 216. The van der Waals surface area contributed by atoms with Crippen LogP contribution in [0.2, 0.25) is 0 Å². The molecule has 1 nitrogen and oxygen atoms in total. The molecule has 0 aromatic carbocycles. The molecule has 0 saturated heterocycles. The Balaban J connectivity index is 2.55. The third-order valence-corrected chi connectivity index (χ3v) is 2.03. The van der Waals surface area contributed by atoms with E-state index in [9.17, 15) is 0 Å². The van der Waals surface area contributed by atoms with E-state index in [1.165, 1.54) is 12.0 Å². The Morgan fingerprint density at radius 3 is 2.33 bits per heavy atom. The first-order valence-electron chi connectivity index (χ1n) is 4.61. The lowest BCUT2D eigenvalue weighted by Crippen LogP contribution is -2.09. The zero-order chi connectivity index (χ0) is 9.19. The van der Waals surface area contributed by atoms with Gasteiger partial charge in [-0.25, -0.2) is 0 Å². The number of nitrogens with two attached hydrogens (primary N) is 1. The van der Waals surface area contributed by atoms with Gasteiger partial charge < -0.3 is 5.73 Å². The Labute approximate surface area is 75.3 Å². The summed E-state index contributed by atoms with van der Waals surface area (Å²) in [5.74, 6) is 0. The molecule has 0 amide bonds. The van der Waals surface area contributed by atoms with Crippen molar-refractivity contribution in [2.24, 2.45) is 11.1 Å². The highest BCUT2D eigenvalue weighted by atomic mass is 14.6. The molecule has 0 saturated carbocycles. The second kappa shape index (κ2) is 3.34. The van der Waals surface area contributed by atoms with Gasteiger partial charge in [0.1, 0.15) is 0 Å². The quantitative estimate of drug-likeness (QED) is 0.635. The summed E-state index contributed by atoms with van der Waals surface area (Å²) in [6, 6.07) is 0. The van der Waals surface area contributed by atoms with E-state index in [-0.39, 0.29) is 0 Å². The molecule has 1 heteroatoms. The zero-order valence-electron chi connectivity index (χ0n) is 8.35. The van der Waals surface area contributed by atoms with Crippen LogP contribution in [0, 0.1) is 5.41 Å². The van der Waals surface area contributed by atoms with Gasteiger partial charge >= 0.3 is 0 Å². The first-order valence-corrected chi connectivity index (χ1v) is 4.61. The van der Waals surface area contributed by atoms with Crippen LogP contribution in [0.15, 0.2) is 23.4 Å². The van der Waals surface area contributed by atoms with Gasteiger partial charge in [-0.15, -0.1) is 0 Å². The number of hydrogen-bond donors (Lipinski definition) is 1. The standard InChI is InChI=1S/C11H19N/c1-11(2,3)8-9-4-6-10(12)7-5-9/h4,6H,5,7-8,12H2,1-3H3. The predicted octanol–water partition coefficient (Wildman–Crippen LogP) is 2.99. The number of hydrogen-bond acceptors (Lipinski definition) is 1. The summed E-state index contributed by atoms with van der Waals surface area (Å²) in [5.41, 5.74) is 8.65. The molecule has 1 rings (SSSR count). The molecule has 0 aromatic heterocycles. The van der Waals surface area contributed by atoms with Crippen molar-refractivity contribution in [2.45, 2.75) is 40.0 Å². The molecule has 0 bridgehead atoms. The molecule has 68 valence electrons. The van der Waals surface area contributed by atoms with Crippen LogP contribution in [0.3, 0.4) is 0 Å². The van der Waals surface area contributed by atoms with E-state index >= 15 is 0 Å². The van der Waals surface area contributed by atoms with Crippen LogP contribution in [-0.4, -0.2) is 0 Å². The molecule has 0 heterocycles. The lowest BCUT2D eigenvalue weighted by atomic mass is 9.85. The summed E-state index contributed by atoms with van der Waals surface area (Å²) in [7, 11) is 0. The van der Waals surface area contributed by atoms with Crippen LogP contribution in [0.1, 0.15) is 40.0 Å². The van der Waals surface area contributed by atoms with Crippen LogP contribution in [0.4, 0.5) is 0 Å². The highest BCUT2D eigenvalue weighted by Gasteiger charge is 2.14. The van der Waals surface area contributed by atoms with E-state index in [1.807, 2.05) is 6.08 Å². The van der Waals surface area contributed by atoms with Crippen molar-refractivity contribution in [3.8, 4) is 0 Å². The molecular weight excluding hydrogens is 146 g/mol. The van der Waals surface area contributed by atoms with Crippen molar-refractivity contribution in [2.75, 3.05) is 0 Å². The van der Waals surface area contributed by atoms with Gasteiger partial charge in [-0.05, 0) is 30.8 Å². The molecule has 1 aliphatic rings. The van der Waals surface area contributed by atoms with Gasteiger partial charge in [-0.2, -0.15) is 0 Å². The van der Waals surface area contributed by atoms with Crippen LogP contribution in [0.25, 0.3) is 0 Å². The Morgan fingerprint density at radius 2 is 1.92 bits per heavy atom. The predicted molar refractivity (Wildman–Crippen MR) is 53.7 cm³/mol. The molecular formula is C11H19N. The van der Waals surface area contributed by atoms with E-state index in [4.69, 9.17) is 5.73 Å². The Hall–Kier alpha value is -0.720. The zero-order valence-corrected chi connectivity index (χ0v) is 8.35. The molecule has 0 atom stereocenters. The second-order valence-corrected chi connectivity index (χ2v) is 4.80. The average Bonchev–Trinajstić information content (AvgIpc) is 1.91. The summed E-state index contributed by atoms with van der Waals surface area (Å²) < 4.78 is 0. The van der Waals surface area contributed by atoms with Crippen molar-refractivity contribution in [1.29, 1.82) is 0 Å². The average molecular weight is 165 g/mol. The summed E-state index contributed by atoms with van der Waals surface area (Å²) in [5, 5.41) is 0. The second-order valence-electron chi connectivity index (χ2n) is 4.80. The molecule has 1 aliphatic carbocycles. The van der Waals surface area contributed by atoms with Crippen LogP contribution in [-0.2, 0) is 0 Å². The Kier molecular flexibility index (Phi) is 2.61. The van der Waals surface area contributed by atoms with E-state index in [2.05, 4.69) is 26.8 Å². The topological polar surface area (TPSA) is 26.0 Å². The minimum absolute atomic E-state index is 0.409. The van der Waals surface area contributed by atoms with Crippen LogP contribution in [0.5, 0.6) is 0 Å². The maximum atomic E-state index is 5.68. The van der Waals surface area contributed by atoms with Crippen molar-refractivity contribution in [1.82, 2.24) is 0 Å². The Morgan fingerprint density at radius 1 is 1.25 bits per heavy atom. The first-order chi connectivity index (χ1) is 5.47. The molecule has 0 fully saturated rings. The van der Waals surface area contributed by atoms with Gasteiger partial charge in [0.2, 0.25) is 0 Å². The third-order valence-electron chi connectivity index (χ3n) is 2.03. The van der Waals surface area contributed by atoms with Gasteiger partial charge in [0.05, 0.1) is 0 Å². The highest BCUT2D eigenvalue weighted by molar-refractivity contribution is 5.22. The normalized spacial score (nSPS) is 18.6. The van der Waals surface area contributed by atoms with Crippen LogP contribution < -0.4 is 5.73 Å². The molecule has 0 radical (unpaired) electrons. The molecule has 0 aromatic rings. The maximum absolute atomic E-state index is 5.68. The minimum Gasteiger partial charge on any atom is -0.402 e. The lowest BCUT2D eigenvalue weighted by molar-refractivity contribution is 0.403. The van der Waals surface area contributed by atoms with Crippen molar-refractivity contribution >= 4 is 0 Å². The van der Waals surface area contributed by atoms with Gasteiger partial charge in [0.25, 0.3) is 0 Å². The lowest BCUT2D eigenvalue weighted by Gasteiger charge is -2.21. The van der Waals surface area contributed by atoms with Crippen molar-refractivity contribution in [3.05, 3.63) is 23.4 Å². The van der Waals surface area contributed by atoms with E-state index in [1.54, 1.807) is 0 Å². The molecule has 0 spiro atoms. The van der Waals surface area contributed by atoms with Gasteiger partial charge in [0, 0.05) is 5.70 Å². The third kappa shape index (κ3) is 3.12. The fourth-order valence-corrected chi connectivity index (χ4v) is 1.52.